The molecule has 1 atom stereocenters. The number of carbonyl (C=O) groups excluding carboxylic acids is 1. The van der Waals surface area contributed by atoms with Gasteiger partial charge in [0, 0.05) is 37.5 Å². The summed E-state index contributed by atoms with van der Waals surface area (Å²) >= 11 is 0. The third-order valence-corrected chi connectivity index (χ3v) is 5.53. The van der Waals surface area contributed by atoms with Crippen LogP contribution in [0.2, 0.25) is 0 Å². The van der Waals surface area contributed by atoms with Gasteiger partial charge in [-0.1, -0.05) is 30.3 Å². The summed E-state index contributed by atoms with van der Waals surface area (Å²) in [6.45, 7) is 2.66. The number of carbonyl (C=O) groups is 1. The quantitative estimate of drug-likeness (QED) is 0.889. The molecule has 1 aliphatic heterocycles. The Balaban J connectivity index is 1.55. The Kier molecular flexibility index (Phi) is 5.20. The molecule has 2 aromatic carbocycles. The zero-order valence-electron chi connectivity index (χ0n) is 14.2. The Labute approximate surface area is 148 Å². The molecule has 3 rings (SSSR count). The van der Waals surface area contributed by atoms with Crippen LogP contribution < -0.4 is 5.32 Å². The van der Waals surface area contributed by atoms with Gasteiger partial charge in [0.2, 0.25) is 0 Å². The number of nitrogens with zero attached hydrogens (tertiary/aromatic N) is 1. The van der Waals surface area contributed by atoms with Gasteiger partial charge in [0.1, 0.15) is 0 Å². The van der Waals surface area contributed by atoms with Gasteiger partial charge in [-0.15, -0.1) is 0 Å². The predicted octanol–water partition coefficient (Wildman–Crippen LogP) is 2.09. The molecule has 1 aliphatic rings. The van der Waals surface area contributed by atoms with Crippen LogP contribution in [0.4, 0.5) is 0 Å². The first-order valence-corrected chi connectivity index (χ1v) is 10.2. The molecule has 0 saturated carbocycles. The summed E-state index contributed by atoms with van der Waals surface area (Å²) in [5, 5.41) is 3.04. The van der Waals surface area contributed by atoms with Gasteiger partial charge in [0.15, 0.2) is 9.84 Å². The molecule has 1 heterocycles. The van der Waals surface area contributed by atoms with E-state index in [1.54, 1.807) is 12.1 Å². The minimum absolute atomic E-state index is 0.116. The van der Waals surface area contributed by atoms with Crippen molar-refractivity contribution in [2.45, 2.75) is 23.9 Å². The number of hydrogen-bond donors (Lipinski definition) is 1. The molecule has 0 spiro atoms. The van der Waals surface area contributed by atoms with Crippen LogP contribution in [0.3, 0.4) is 0 Å². The molecule has 1 amide bonds. The second-order valence-electron chi connectivity index (χ2n) is 6.48. The van der Waals surface area contributed by atoms with Gasteiger partial charge in [-0.2, -0.15) is 0 Å². The van der Waals surface area contributed by atoms with Crippen LogP contribution >= 0.6 is 0 Å². The average Bonchev–Trinajstić information content (AvgIpc) is 3.02. The van der Waals surface area contributed by atoms with Crippen molar-refractivity contribution in [3.8, 4) is 0 Å². The zero-order chi connectivity index (χ0) is 17.9. The van der Waals surface area contributed by atoms with Gasteiger partial charge in [-0.25, -0.2) is 8.42 Å². The number of rotatable bonds is 5. The molecule has 0 unspecified atom stereocenters. The Hall–Kier alpha value is -2.18. The molecule has 25 heavy (non-hydrogen) atoms. The van der Waals surface area contributed by atoms with Crippen molar-refractivity contribution in [2.24, 2.45) is 0 Å². The maximum atomic E-state index is 12.3. The zero-order valence-corrected chi connectivity index (χ0v) is 15.0. The Morgan fingerprint density at radius 3 is 2.44 bits per heavy atom. The van der Waals surface area contributed by atoms with E-state index >= 15 is 0 Å². The van der Waals surface area contributed by atoms with Crippen LogP contribution in [-0.2, 0) is 16.4 Å². The highest BCUT2D eigenvalue weighted by Crippen LogP contribution is 2.15. The van der Waals surface area contributed by atoms with E-state index in [9.17, 15) is 13.2 Å². The first kappa shape index (κ1) is 17.6. The van der Waals surface area contributed by atoms with Crippen LogP contribution in [0, 0.1) is 0 Å². The van der Waals surface area contributed by atoms with Crippen LogP contribution in [0.25, 0.3) is 0 Å². The lowest BCUT2D eigenvalue weighted by Gasteiger charge is -2.17. The van der Waals surface area contributed by atoms with Crippen LogP contribution in [0.1, 0.15) is 22.3 Å². The topological polar surface area (TPSA) is 66.5 Å². The van der Waals surface area contributed by atoms with E-state index in [1.165, 1.54) is 17.7 Å². The van der Waals surface area contributed by atoms with Crippen molar-refractivity contribution in [2.75, 3.05) is 19.3 Å². The maximum absolute atomic E-state index is 12.3. The molecule has 0 aromatic heterocycles. The molecule has 1 saturated heterocycles. The van der Waals surface area contributed by atoms with Crippen molar-refractivity contribution in [3.05, 3.63) is 65.7 Å². The largest absolute Gasteiger partial charge is 0.348 e. The van der Waals surface area contributed by atoms with Gasteiger partial charge < -0.3 is 5.32 Å². The fourth-order valence-electron chi connectivity index (χ4n) is 3.06. The van der Waals surface area contributed by atoms with Crippen molar-refractivity contribution in [1.29, 1.82) is 0 Å². The molecular weight excluding hydrogens is 336 g/mol. The molecule has 2 aromatic rings. The Morgan fingerprint density at radius 1 is 1.12 bits per heavy atom. The molecule has 5 nitrogen and oxygen atoms in total. The average molecular weight is 358 g/mol. The van der Waals surface area contributed by atoms with Crippen molar-refractivity contribution < 1.29 is 13.2 Å². The first-order chi connectivity index (χ1) is 11.9. The minimum atomic E-state index is -3.24. The summed E-state index contributed by atoms with van der Waals surface area (Å²) in [5.74, 6) is -0.161. The van der Waals surface area contributed by atoms with Crippen molar-refractivity contribution in [1.82, 2.24) is 10.2 Å². The number of hydrogen-bond acceptors (Lipinski definition) is 4. The highest BCUT2D eigenvalue weighted by Gasteiger charge is 2.24. The van der Waals surface area contributed by atoms with E-state index in [0.29, 0.717) is 5.56 Å². The van der Waals surface area contributed by atoms with Gasteiger partial charge >= 0.3 is 0 Å². The van der Waals surface area contributed by atoms with E-state index in [-0.39, 0.29) is 16.8 Å². The molecular formula is C19H22N2O3S. The van der Waals surface area contributed by atoms with Crippen molar-refractivity contribution in [3.63, 3.8) is 0 Å². The van der Waals surface area contributed by atoms with Crippen molar-refractivity contribution >= 4 is 15.7 Å². The minimum Gasteiger partial charge on any atom is -0.348 e. The predicted molar refractivity (Wildman–Crippen MR) is 97.1 cm³/mol. The number of benzene rings is 2. The van der Waals surface area contributed by atoms with Gasteiger partial charge in [-0.3, -0.25) is 9.69 Å². The van der Waals surface area contributed by atoms with E-state index in [0.717, 1.165) is 32.3 Å². The van der Waals surface area contributed by atoms with E-state index in [2.05, 4.69) is 22.3 Å². The molecule has 0 aliphatic carbocycles. The normalized spacial score (nSPS) is 18.2. The summed E-state index contributed by atoms with van der Waals surface area (Å²) in [7, 11) is -3.24. The van der Waals surface area contributed by atoms with E-state index in [1.807, 2.05) is 18.2 Å². The van der Waals surface area contributed by atoms with Gasteiger partial charge in [-0.05, 0) is 36.2 Å². The van der Waals surface area contributed by atoms with Gasteiger partial charge in [0.25, 0.3) is 5.91 Å². The molecule has 132 valence electrons. The molecule has 1 fully saturated rings. The SMILES string of the molecule is CS(=O)(=O)c1ccc(C(=O)N[C@@H]2CCN(Cc3ccccc3)C2)cc1. The number of nitrogens with one attached hydrogen (secondary N) is 1. The lowest BCUT2D eigenvalue weighted by molar-refractivity contribution is 0.0937. The second kappa shape index (κ2) is 7.37. The lowest BCUT2D eigenvalue weighted by Crippen LogP contribution is -2.37. The summed E-state index contributed by atoms with van der Waals surface area (Å²) in [6.07, 6.45) is 2.07. The smallest absolute Gasteiger partial charge is 0.251 e. The van der Waals surface area contributed by atoms with E-state index < -0.39 is 9.84 Å². The Bertz CT molecular complexity index is 833. The van der Waals surface area contributed by atoms with Crippen LogP contribution in [-0.4, -0.2) is 44.6 Å². The second-order valence-corrected chi connectivity index (χ2v) is 8.49. The summed E-state index contributed by atoms with van der Waals surface area (Å²) in [4.78, 5) is 14.9. The van der Waals surface area contributed by atoms with Gasteiger partial charge in [0.05, 0.1) is 4.90 Å². The molecule has 6 heteroatoms. The maximum Gasteiger partial charge on any atom is 0.251 e. The third-order valence-electron chi connectivity index (χ3n) is 4.40. The van der Waals surface area contributed by atoms with E-state index in [4.69, 9.17) is 0 Å². The Morgan fingerprint density at radius 2 is 1.80 bits per heavy atom. The summed E-state index contributed by atoms with van der Waals surface area (Å²) < 4.78 is 22.9. The lowest BCUT2D eigenvalue weighted by atomic mass is 10.2. The number of sulfone groups is 1. The fourth-order valence-corrected chi connectivity index (χ4v) is 3.69. The van der Waals surface area contributed by atoms with Crippen LogP contribution in [0.15, 0.2) is 59.5 Å². The summed E-state index contributed by atoms with van der Waals surface area (Å²) in [5.41, 5.74) is 1.75. The highest BCUT2D eigenvalue weighted by molar-refractivity contribution is 7.90. The fraction of sp³-hybridized carbons (Fsp3) is 0.316. The third kappa shape index (κ3) is 4.67. The summed E-state index contributed by atoms with van der Waals surface area (Å²) in [6, 6.07) is 16.5. The highest BCUT2D eigenvalue weighted by atomic mass is 32.2. The molecule has 0 bridgehead atoms. The standard InChI is InChI=1S/C19H22N2O3S/c1-25(23,24)18-9-7-16(8-10-18)19(22)20-17-11-12-21(14-17)13-15-5-3-2-4-6-15/h2-10,17H,11-14H2,1H3,(H,20,22)/t17-/m1/s1. The molecule has 1 N–H and O–H groups in total. The number of amides is 1. The van der Waals surface area contributed by atoms with Crippen LogP contribution in [0.5, 0.6) is 0 Å². The number of likely N-dealkylation sites (tertiary alicyclic amines) is 1. The molecule has 0 radical (unpaired) electrons. The monoisotopic (exact) mass is 358 g/mol. The first-order valence-electron chi connectivity index (χ1n) is 8.29.